The topological polar surface area (TPSA) is 35.5 Å². The lowest BCUT2D eigenvalue weighted by Gasteiger charge is -2.48. The summed E-state index contributed by atoms with van der Waals surface area (Å²) < 4.78 is 12.4. The first-order valence-corrected chi connectivity index (χ1v) is 10.1. The van der Waals surface area contributed by atoms with Crippen molar-refractivity contribution in [2.45, 2.75) is 98.1 Å². The summed E-state index contributed by atoms with van der Waals surface area (Å²) in [5.74, 6) is 1.14. The Bertz CT molecular complexity index is 549. The van der Waals surface area contributed by atoms with Crippen LogP contribution in [0.4, 0.5) is 0 Å². The molecule has 2 aliphatic carbocycles. The van der Waals surface area contributed by atoms with Gasteiger partial charge in [0.25, 0.3) is 0 Å². The van der Waals surface area contributed by atoms with Crippen molar-refractivity contribution in [2.75, 3.05) is 0 Å². The van der Waals surface area contributed by atoms with Gasteiger partial charge in [0.1, 0.15) is 0 Å². The zero-order valence-corrected chi connectivity index (χ0v) is 16.9. The van der Waals surface area contributed by atoms with E-state index in [1.807, 2.05) is 13.8 Å². The lowest BCUT2D eigenvalue weighted by molar-refractivity contribution is -0.146. The van der Waals surface area contributed by atoms with Crippen LogP contribution in [0.5, 0.6) is 0 Å². The molecule has 3 rings (SSSR count). The molecule has 3 nitrogen and oxygen atoms in total. The van der Waals surface area contributed by atoms with E-state index in [4.69, 9.17) is 9.47 Å². The maximum Gasteiger partial charge on any atom is 0.163 e. The van der Waals surface area contributed by atoms with Gasteiger partial charge in [-0.25, -0.2) is 0 Å². The van der Waals surface area contributed by atoms with Crippen LogP contribution in [-0.4, -0.2) is 23.8 Å². The molecule has 25 heavy (non-hydrogen) atoms. The van der Waals surface area contributed by atoms with E-state index in [2.05, 4.69) is 33.8 Å². The zero-order valence-electron chi connectivity index (χ0n) is 16.9. The number of allylic oxidation sites excluding steroid dienone is 2. The number of ether oxygens (including phenoxy) is 2. The first kappa shape index (κ1) is 19.1. The molecule has 2 fully saturated rings. The molecule has 2 unspecified atom stereocenters. The second-order valence-electron chi connectivity index (χ2n) is 10.1. The van der Waals surface area contributed by atoms with Gasteiger partial charge < -0.3 is 9.47 Å². The highest BCUT2D eigenvalue weighted by Crippen LogP contribution is 2.53. The van der Waals surface area contributed by atoms with Gasteiger partial charge in [-0.05, 0) is 74.7 Å². The van der Waals surface area contributed by atoms with Gasteiger partial charge in [-0.3, -0.25) is 4.79 Å². The third-order valence-electron chi connectivity index (χ3n) is 7.02. The smallest absolute Gasteiger partial charge is 0.163 e. The van der Waals surface area contributed by atoms with Crippen LogP contribution in [0, 0.1) is 22.7 Å². The molecule has 1 aliphatic heterocycles. The van der Waals surface area contributed by atoms with Crippen molar-refractivity contribution >= 4 is 5.78 Å². The molecule has 3 aliphatic rings. The molecule has 0 aromatic carbocycles. The van der Waals surface area contributed by atoms with E-state index in [9.17, 15) is 4.79 Å². The minimum atomic E-state index is -0.444. The normalized spacial score (nSPS) is 43.5. The summed E-state index contributed by atoms with van der Waals surface area (Å²) in [5.41, 5.74) is 0.443. The first-order valence-electron chi connectivity index (χ1n) is 10.1. The number of hydrogen-bond donors (Lipinski definition) is 0. The van der Waals surface area contributed by atoms with Gasteiger partial charge in [0.2, 0.25) is 0 Å². The molecule has 1 saturated carbocycles. The van der Waals surface area contributed by atoms with Crippen LogP contribution in [0.2, 0.25) is 0 Å². The van der Waals surface area contributed by atoms with Crippen molar-refractivity contribution in [3.05, 3.63) is 12.2 Å². The van der Waals surface area contributed by atoms with Crippen molar-refractivity contribution in [3.63, 3.8) is 0 Å². The molecule has 1 saturated heterocycles. The Hall–Kier alpha value is -0.670. The average molecular weight is 349 g/mol. The molecule has 0 radical (unpaired) electrons. The Morgan fingerprint density at radius 2 is 1.80 bits per heavy atom. The second kappa shape index (κ2) is 6.49. The number of rotatable bonds is 4. The molecular weight excluding hydrogens is 312 g/mol. The molecule has 5 atom stereocenters. The predicted octanol–water partition coefficient (Wildman–Crippen LogP) is 5.28. The van der Waals surface area contributed by atoms with E-state index in [1.165, 1.54) is 6.42 Å². The third-order valence-corrected chi connectivity index (χ3v) is 7.02. The fourth-order valence-electron chi connectivity index (χ4n) is 5.44. The van der Waals surface area contributed by atoms with Gasteiger partial charge in [-0.1, -0.05) is 33.8 Å². The summed E-state index contributed by atoms with van der Waals surface area (Å²) in [5, 5.41) is 0. The van der Waals surface area contributed by atoms with Crippen LogP contribution < -0.4 is 0 Å². The van der Waals surface area contributed by atoms with Crippen LogP contribution in [-0.2, 0) is 14.3 Å². The van der Waals surface area contributed by atoms with Crippen LogP contribution >= 0.6 is 0 Å². The summed E-state index contributed by atoms with van der Waals surface area (Å²) in [6.45, 7) is 13.6. The van der Waals surface area contributed by atoms with Crippen molar-refractivity contribution in [1.82, 2.24) is 0 Å². The van der Waals surface area contributed by atoms with E-state index in [-0.39, 0.29) is 28.8 Å². The van der Waals surface area contributed by atoms with E-state index in [0.717, 1.165) is 25.7 Å². The molecule has 3 heteroatoms. The Kier molecular flexibility index (Phi) is 4.96. The second-order valence-corrected chi connectivity index (χ2v) is 10.1. The zero-order chi connectivity index (χ0) is 18.5. The Morgan fingerprint density at radius 1 is 1.12 bits per heavy atom. The molecule has 0 bridgehead atoms. The number of carbonyl (C=O) groups is 1. The molecular formula is C22H36O3. The van der Waals surface area contributed by atoms with Gasteiger partial charge in [0.15, 0.2) is 11.6 Å². The van der Waals surface area contributed by atoms with Gasteiger partial charge in [0, 0.05) is 6.42 Å². The monoisotopic (exact) mass is 348 g/mol. The van der Waals surface area contributed by atoms with Crippen LogP contribution in [0.15, 0.2) is 12.2 Å². The van der Waals surface area contributed by atoms with Crippen molar-refractivity contribution in [1.29, 1.82) is 0 Å². The first-order chi connectivity index (χ1) is 11.5. The van der Waals surface area contributed by atoms with Gasteiger partial charge in [0.05, 0.1) is 12.2 Å². The quantitative estimate of drug-likeness (QED) is 0.693. The summed E-state index contributed by atoms with van der Waals surface area (Å²) in [6.07, 6.45) is 10.7. The fraction of sp³-hybridized carbons (Fsp3) is 0.864. The highest BCUT2D eigenvalue weighted by atomic mass is 16.7. The molecule has 1 heterocycles. The molecule has 0 aromatic rings. The van der Waals surface area contributed by atoms with Crippen molar-refractivity contribution in [3.8, 4) is 0 Å². The van der Waals surface area contributed by atoms with Crippen molar-refractivity contribution < 1.29 is 14.3 Å². The number of carbonyl (C=O) groups excluding carboxylic acids is 1. The van der Waals surface area contributed by atoms with E-state index in [0.29, 0.717) is 18.3 Å². The SMILES string of the molecule is CC(C)[C@H]1CC2OC(C)(C)OC2C[C@]1(C)CC[C@]1(C)C=CC(=O)CC1. The maximum atomic E-state index is 11.5. The lowest BCUT2D eigenvalue weighted by Crippen LogP contribution is -2.46. The fourth-order valence-corrected chi connectivity index (χ4v) is 5.44. The predicted molar refractivity (Wildman–Crippen MR) is 100 cm³/mol. The summed E-state index contributed by atoms with van der Waals surface area (Å²) in [4.78, 5) is 11.5. The summed E-state index contributed by atoms with van der Waals surface area (Å²) >= 11 is 0. The third kappa shape index (κ3) is 4.03. The number of ketones is 1. The van der Waals surface area contributed by atoms with Crippen molar-refractivity contribution in [2.24, 2.45) is 22.7 Å². The summed E-state index contributed by atoms with van der Waals surface area (Å²) in [6, 6.07) is 0. The highest BCUT2D eigenvalue weighted by molar-refractivity contribution is 5.90. The Labute approximate surface area is 153 Å². The van der Waals surface area contributed by atoms with Crippen LogP contribution in [0.1, 0.15) is 80.1 Å². The average Bonchev–Trinajstić information content (AvgIpc) is 2.80. The maximum absolute atomic E-state index is 11.5. The molecule has 0 N–H and O–H groups in total. The minimum absolute atomic E-state index is 0.168. The molecule has 142 valence electrons. The van der Waals surface area contributed by atoms with E-state index >= 15 is 0 Å². The standard InChI is InChI=1S/C22H36O3/c1-15(2)17-13-18-19(25-20(3,4)24-18)14-22(17,6)12-11-21(5)9-7-16(23)8-10-21/h7,9,15,17-19H,8,10-14H2,1-6H3/t17-,18?,19?,21-,22+/m1/s1. The van der Waals surface area contributed by atoms with Gasteiger partial charge in [-0.15, -0.1) is 0 Å². The lowest BCUT2D eigenvalue weighted by atomic mass is 9.58. The Morgan fingerprint density at radius 3 is 2.40 bits per heavy atom. The molecule has 0 aromatic heterocycles. The largest absolute Gasteiger partial charge is 0.345 e. The number of fused-ring (bicyclic) bond motifs is 1. The minimum Gasteiger partial charge on any atom is -0.345 e. The van der Waals surface area contributed by atoms with E-state index < -0.39 is 5.79 Å². The van der Waals surface area contributed by atoms with E-state index in [1.54, 1.807) is 6.08 Å². The highest BCUT2D eigenvalue weighted by Gasteiger charge is 2.52. The summed E-state index contributed by atoms with van der Waals surface area (Å²) in [7, 11) is 0. The molecule has 0 spiro atoms. The Balaban J connectivity index is 1.73. The molecule has 0 amide bonds. The van der Waals surface area contributed by atoms with Gasteiger partial charge >= 0.3 is 0 Å². The van der Waals surface area contributed by atoms with Gasteiger partial charge in [-0.2, -0.15) is 0 Å². The van der Waals surface area contributed by atoms with Crippen LogP contribution in [0.3, 0.4) is 0 Å². The number of hydrogen-bond acceptors (Lipinski definition) is 3. The van der Waals surface area contributed by atoms with Crippen LogP contribution in [0.25, 0.3) is 0 Å².